The molecular weight excluding hydrogens is 244 g/mol. The van der Waals surface area contributed by atoms with Crippen LogP contribution in [0.25, 0.3) is 6.08 Å². The van der Waals surface area contributed by atoms with Crippen molar-refractivity contribution >= 4 is 12.0 Å². The average molecular weight is 264 g/mol. The highest BCUT2D eigenvalue weighted by Gasteiger charge is 2.03. The zero-order valence-electron chi connectivity index (χ0n) is 11.6. The number of hydrogen-bond donors (Lipinski definition) is 0. The second-order valence-corrected chi connectivity index (χ2v) is 3.96. The number of ether oxygens (including phenoxy) is 3. The van der Waals surface area contributed by atoms with Crippen LogP contribution in [0, 0.1) is 0 Å². The Morgan fingerprint density at radius 2 is 2.05 bits per heavy atom. The first-order valence-corrected chi connectivity index (χ1v) is 6.28. The van der Waals surface area contributed by atoms with Crippen LogP contribution in [0.15, 0.2) is 24.3 Å². The van der Waals surface area contributed by atoms with Gasteiger partial charge in [-0.25, -0.2) is 4.79 Å². The molecule has 0 aliphatic heterocycles. The zero-order chi connectivity index (χ0) is 14.1. The number of carbonyl (C=O) groups excluding carboxylic acids is 1. The molecule has 4 nitrogen and oxygen atoms in total. The Morgan fingerprint density at radius 3 is 2.68 bits per heavy atom. The summed E-state index contributed by atoms with van der Waals surface area (Å²) in [5.41, 5.74) is 0.802. The first kappa shape index (κ1) is 15.1. The summed E-state index contributed by atoms with van der Waals surface area (Å²) in [4.78, 5) is 11.4. The molecule has 0 aliphatic rings. The van der Waals surface area contributed by atoms with Crippen molar-refractivity contribution in [1.82, 2.24) is 0 Å². The van der Waals surface area contributed by atoms with Gasteiger partial charge in [0.15, 0.2) is 0 Å². The van der Waals surface area contributed by atoms with E-state index in [1.165, 1.54) is 6.08 Å². The minimum absolute atomic E-state index is 0.341. The smallest absolute Gasteiger partial charge is 0.330 e. The number of benzene rings is 1. The predicted octanol–water partition coefficient (Wildman–Crippen LogP) is 3.06. The summed E-state index contributed by atoms with van der Waals surface area (Å²) in [6.45, 7) is 2.51. The molecule has 0 radical (unpaired) electrons. The first-order chi connectivity index (χ1) is 9.21. The van der Waals surface area contributed by atoms with E-state index in [9.17, 15) is 4.79 Å². The van der Waals surface area contributed by atoms with Crippen LogP contribution < -0.4 is 9.47 Å². The fraction of sp³-hybridized carbons (Fsp3) is 0.400. The lowest BCUT2D eigenvalue weighted by Crippen LogP contribution is -2.01. The van der Waals surface area contributed by atoms with Crippen molar-refractivity contribution in [3.8, 4) is 11.5 Å². The summed E-state index contributed by atoms with van der Waals surface area (Å²) in [6, 6.07) is 5.40. The van der Waals surface area contributed by atoms with Gasteiger partial charge >= 0.3 is 5.97 Å². The third-order valence-corrected chi connectivity index (χ3v) is 2.58. The number of unbranched alkanes of at least 4 members (excludes halogenated alkanes) is 1. The van der Waals surface area contributed by atoms with Crippen LogP contribution in [0.1, 0.15) is 25.3 Å². The molecule has 0 aromatic heterocycles. The van der Waals surface area contributed by atoms with Crippen LogP contribution in [0.5, 0.6) is 11.5 Å². The maximum Gasteiger partial charge on any atom is 0.330 e. The summed E-state index contributed by atoms with van der Waals surface area (Å²) in [6.07, 6.45) is 4.96. The fourth-order valence-corrected chi connectivity index (χ4v) is 1.48. The highest BCUT2D eigenvalue weighted by Crippen LogP contribution is 2.25. The van der Waals surface area contributed by atoms with Gasteiger partial charge < -0.3 is 14.2 Å². The Bertz CT molecular complexity index is 438. The molecule has 1 aromatic rings. The molecule has 0 spiro atoms. The third-order valence-electron chi connectivity index (χ3n) is 2.58. The standard InChI is InChI=1S/C15H20O4/c1-4-5-10-19-15(16)9-7-12-6-8-13(17-2)11-14(12)18-3/h6-9,11H,4-5,10H2,1-3H3/b9-7+. The Labute approximate surface area is 114 Å². The summed E-state index contributed by atoms with van der Waals surface area (Å²) in [5.74, 6) is 1.02. The lowest BCUT2D eigenvalue weighted by atomic mass is 10.2. The van der Waals surface area contributed by atoms with Crippen LogP contribution in [0.4, 0.5) is 0 Å². The molecule has 4 heteroatoms. The molecular formula is C15H20O4. The van der Waals surface area contributed by atoms with Gasteiger partial charge in [0.2, 0.25) is 0 Å². The molecule has 0 bridgehead atoms. The molecule has 0 unspecified atom stereocenters. The molecule has 0 saturated carbocycles. The van der Waals surface area contributed by atoms with Crippen molar-refractivity contribution < 1.29 is 19.0 Å². The van der Waals surface area contributed by atoms with Gasteiger partial charge in [-0.1, -0.05) is 13.3 Å². The molecule has 104 valence electrons. The van der Waals surface area contributed by atoms with Crippen LogP contribution in [-0.2, 0) is 9.53 Å². The Hall–Kier alpha value is -1.97. The molecule has 1 aromatic carbocycles. The highest BCUT2D eigenvalue weighted by atomic mass is 16.5. The minimum Gasteiger partial charge on any atom is -0.497 e. The van der Waals surface area contributed by atoms with Crippen LogP contribution in [0.2, 0.25) is 0 Å². The lowest BCUT2D eigenvalue weighted by molar-refractivity contribution is -0.137. The number of hydrogen-bond acceptors (Lipinski definition) is 4. The summed E-state index contributed by atoms with van der Waals surface area (Å²) < 4.78 is 15.4. The van der Waals surface area contributed by atoms with Crippen LogP contribution >= 0.6 is 0 Å². The number of esters is 1. The molecule has 0 amide bonds. The van der Waals surface area contributed by atoms with Gasteiger partial charge in [-0.3, -0.25) is 0 Å². The van der Waals surface area contributed by atoms with E-state index in [-0.39, 0.29) is 5.97 Å². The molecule has 0 atom stereocenters. The van der Waals surface area contributed by atoms with Crippen molar-refractivity contribution in [1.29, 1.82) is 0 Å². The monoisotopic (exact) mass is 264 g/mol. The number of methoxy groups -OCH3 is 2. The maximum atomic E-state index is 11.4. The predicted molar refractivity (Wildman–Crippen MR) is 74.4 cm³/mol. The van der Waals surface area contributed by atoms with Gasteiger partial charge in [-0.05, 0) is 24.6 Å². The number of carbonyl (C=O) groups is 1. The van der Waals surface area contributed by atoms with E-state index < -0.39 is 0 Å². The molecule has 0 fully saturated rings. The summed E-state index contributed by atoms with van der Waals surface area (Å²) in [7, 11) is 3.17. The second kappa shape index (κ2) is 8.19. The van der Waals surface area contributed by atoms with E-state index in [1.54, 1.807) is 26.4 Å². The average Bonchev–Trinajstić information content (AvgIpc) is 2.45. The van der Waals surface area contributed by atoms with E-state index in [0.717, 1.165) is 18.4 Å². The summed E-state index contributed by atoms with van der Waals surface area (Å²) >= 11 is 0. The van der Waals surface area contributed by atoms with Crippen LogP contribution in [-0.4, -0.2) is 26.8 Å². The fourth-order valence-electron chi connectivity index (χ4n) is 1.48. The highest BCUT2D eigenvalue weighted by molar-refractivity contribution is 5.87. The Morgan fingerprint density at radius 1 is 1.26 bits per heavy atom. The molecule has 0 aliphatic carbocycles. The maximum absolute atomic E-state index is 11.4. The second-order valence-electron chi connectivity index (χ2n) is 3.96. The lowest BCUT2D eigenvalue weighted by Gasteiger charge is -2.07. The third kappa shape index (κ3) is 5.04. The largest absolute Gasteiger partial charge is 0.497 e. The van der Waals surface area contributed by atoms with Crippen molar-refractivity contribution in [2.75, 3.05) is 20.8 Å². The van der Waals surface area contributed by atoms with Crippen molar-refractivity contribution in [3.63, 3.8) is 0 Å². The molecule has 0 saturated heterocycles. The minimum atomic E-state index is -0.341. The van der Waals surface area contributed by atoms with Crippen molar-refractivity contribution in [3.05, 3.63) is 29.8 Å². The molecule has 1 rings (SSSR count). The molecule has 19 heavy (non-hydrogen) atoms. The Balaban J connectivity index is 2.67. The van der Waals surface area contributed by atoms with Gasteiger partial charge in [0.1, 0.15) is 11.5 Å². The van der Waals surface area contributed by atoms with Gasteiger partial charge in [-0.15, -0.1) is 0 Å². The quantitative estimate of drug-likeness (QED) is 0.431. The van der Waals surface area contributed by atoms with Gasteiger partial charge in [0, 0.05) is 17.7 Å². The van der Waals surface area contributed by atoms with E-state index in [2.05, 4.69) is 0 Å². The zero-order valence-corrected chi connectivity index (χ0v) is 11.6. The molecule has 0 N–H and O–H groups in total. The number of rotatable bonds is 7. The van der Waals surface area contributed by atoms with Gasteiger partial charge in [-0.2, -0.15) is 0 Å². The van der Waals surface area contributed by atoms with Crippen LogP contribution in [0.3, 0.4) is 0 Å². The topological polar surface area (TPSA) is 44.8 Å². The normalized spacial score (nSPS) is 10.5. The van der Waals surface area contributed by atoms with Gasteiger partial charge in [0.25, 0.3) is 0 Å². The first-order valence-electron chi connectivity index (χ1n) is 6.28. The van der Waals surface area contributed by atoms with Gasteiger partial charge in [0.05, 0.1) is 20.8 Å². The van der Waals surface area contributed by atoms with Crippen molar-refractivity contribution in [2.45, 2.75) is 19.8 Å². The van der Waals surface area contributed by atoms with E-state index >= 15 is 0 Å². The van der Waals surface area contributed by atoms with E-state index in [1.807, 2.05) is 19.1 Å². The molecule has 0 heterocycles. The Kier molecular flexibility index (Phi) is 6.50. The summed E-state index contributed by atoms with van der Waals surface area (Å²) in [5, 5.41) is 0. The van der Waals surface area contributed by atoms with E-state index in [0.29, 0.717) is 18.1 Å². The van der Waals surface area contributed by atoms with E-state index in [4.69, 9.17) is 14.2 Å². The SMILES string of the molecule is CCCCOC(=O)/C=C/c1ccc(OC)cc1OC. The van der Waals surface area contributed by atoms with Crippen molar-refractivity contribution in [2.24, 2.45) is 0 Å².